The van der Waals surface area contributed by atoms with E-state index in [0.717, 1.165) is 5.56 Å². The quantitative estimate of drug-likeness (QED) is 0.712. The van der Waals surface area contributed by atoms with E-state index in [1.807, 2.05) is 13.0 Å². The molecule has 106 valence electrons. The molecule has 0 amide bonds. The Labute approximate surface area is 125 Å². The number of hydrogen-bond acceptors (Lipinski definition) is 4. The molecule has 0 radical (unpaired) electrons. The number of aryl methyl sites for hydroxylation is 1. The molecule has 0 bridgehead atoms. The molecule has 0 spiro atoms. The lowest BCUT2D eigenvalue weighted by atomic mass is 10.2. The van der Waals surface area contributed by atoms with Gasteiger partial charge in [0, 0.05) is 5.69 Å². The summed E-state index contributed by atoms with van der Waals surface area (Å²) in [7, 11) is 0. The van der Waals surface area contributed by atoms with E-state index in [2.05, 4.69) is 9.97 Å². The minimum absolute atomic E-state index is 0.0861. The van der Waals surface area contributed by atoms with Gasteiger partial charge < -0.3 is 10.5 Å². The highest BCUT2D eigenvalue weighted by atomic mass is 35.5. The van der Waals surface area contributed by atoms with E-state index in [1.165, 1.54) is 0 Å². The number of fused-ring (bicyclic) bond motifs is 1. The lowest BCUT2D eigenvalue weighted by Crippen LogP contribution is -2.09. The first-order valence-electron chi connectivity index (χ1n) is 6.26. The van der Waals surface area contributed by atoms with Gasteiger partial charge in [0.05, 0.1) is 15.9 Å². The summed E-state index contributed by atoms with van der Waals surface area (Å²) in [6.07, 6.45) is 0. The predicted octanol–water partition coefficient (Wildman–Crippen LogP) is 3.26. The van der Waals surface area contributed by atoms with Crippen molar-refractivity contribution in [3.05, 3.63) is 57.3 Å². The van der Waals surface area contributed by atoms with Gasteiger partial charge in [-0.05, 0) is 42.8 Å². The van der Waals surface area contributed by atoms with Gasteiger partial charge in [-0.1, -0.05) is 17.7 Å². The molecular weight excluding hydrogens is 290 g/mol. The van der Waals surface area contributed by atoms with Crippen LogP contribution in [-0.4, -0.2) is 9.97 Å². The van der Waals surface area contributed by atoms with Gasteiger partial charge in [-0.2, -0.15) is 4.98 Å². The number of nitrogens with one attached hydrogen (secondary N) is 1. The molecular formula is C15H12ClN3O2. The van der Waals surface area contributed by atoms with Crippen LogP contribution in [-0.2, 0) is 0 Å². The number of ether oxygens (including phenoxy) is 1. The number of aromatic amines is 1. The lowest BCUT2D eigenvalue weighted by molar-refractivity contribution is 0.443. The first kappa shape index (κ1) is 13.5. The van der Waals surface area contributed by atoms with Crippen molar-refractivity contribution in [2.45, 2.75) is 6.92 Å². The molecule has 0 aliphatic carbocycles. The smallest absolute Gasteiger partial charge is 0.302 e. The summed E-state index contributed by atoms with van der Waals surface area (Å²) in [5.41, 5.74) is 7.37. The molecule has 0 fully saturated rings. The number of aromatic nitrogens is 2. The molecule has 0 saturated heterocycles. The van der Waals surface area contributed by atoms with Crippen LogP contribution in [0.25, 0.3) is 10.9 Å². The minimum Gasteiger partial charge on any atom is -0.424 e. The second-order valence-corrected chi connectivity index (χ2v) is 5.09. The van der Waals surface area contributed by atoms with Crippen molar-refractivity contribution in [3.8, 4) is 11.8 Å². The fraction of sp³-hybridized carbons (Fsp3) is 0.0667. The molecule has 6 heteroatoms. The molecule has 1 aromatic heterocycles. The number of anilines is 1. The van der Waals surface area contributed by atoms with Crippen LogP contribution >= 0.6 is 11.6 Å². The first-order chi connectivity index (χ1) is 10.0. The Morgan fingerprint density at radius 2 is 2.05 bits per heavy atom. The zero-order valence-corrected chi connectivity index (χ0v) is 11.9. The maximum atomic E-state index is 12.0. The van der Waals surface area contributed by atoms with E-state index in [4.69, 9.17) is 22.1 Å². The zero-order chi connectivity index (χ0) is 15.0. The van der Waals surface area contributed by atoms with Crippen molar-refractivity contribution in [1.29, 1.82) is 0 Å². The summed E-state index contributed by atoms with van der Waals surface area (Å²) in [6, 6.07) is 10.4. The topological polar surface area (TPSA) is 81.0 Å². The van der Waals surface area contributed by atoms with E-state index >= 15 is 0 Å². The third kappa shape index (κ3) is 2.68. The molecule has 5 nitrogen and oxygen atoms in total. The Morgan fingerprint density at radius 3 is 2.81 bits per heavy atom. The number of nitrogens with two attached hydrogens (primary N) is 1. The molecule has 0 aliphatic rings. The third-order valence-electron chi connectivity index (χ3n) is 3.00. The number of H-pyrrole nitrogens is 1. The van der Waals surface area contributed by atoms with Crippen LogP contribution in [0, 0.1) is 6.92 Å². The molecule has 3 N–H and O–H groups in total. The van der Waals surface area contributed by atoms with Crippen molar-refractivity contribution < 1.29 is 4.74 Å². The van der Waals surface area contributed by atoms with E-state index in [0.29, 0.717) is 27.4 Å². The highest BCUT2D eigenvalue weighted by Crippen LogP contribution is 2.28. The number of hydrogen-bond donors (Lipinski definition) is 2. The average Bonchev–Trinajstić information content (AvgIpc) is 2.43. The SMILES string of the molecule is Cc1ccc(Oc2nc3ccc(N)cc3c(=O)[nH]2)c(Cl)c1. The molecule has 0 atom stereocenters. The second kappa shape index (κ2) is 5.10. The molecule has 3 rings (SSSR count). The zero-order valence-electron chi connectivity index (χ0n) is 11.2. The maximum Gasteiger partial charge on any atom is 0.302 e. The summed E-state index contributed by atoms with van der Waals surface area (Å²) in [5.74, 6) is 0.431. The van der Waals surface area contributed by atoms with Crippen LogP contribution in [0.15, 0.2) is 41.2 Å². The van der Waals surface area contributed by atoms with Crippen molar-refractivity contribution in [1.82, 2.24) is 9.97 Å². The van der Waals surface area contributed by atoms with E-state index < -0.39 is 0 Å². The largest absolute Gasteiger partial charge is 0.424 e. The van der Waals surface area contributed by atoms with Gasteiger partial charge in [-0.3, -0.25) is 9.78 Å². The standard InChI is InChI=1S/C15H12ClN3O2/c1-8-2-5-13(11(16)6-8)21-15-18-12-4-3-9(17)7-10(12)14(20)19-15/h2-7H,17H2,1H3,(H,18,19,20). The van der Waals surface area contributed by atoms with E-state index in [9.17, 15) is 4.79 Å². The Hall–Kier alpha value is -2.53. The summed E-state index contributed by atoms with van der Waals surface area (Å²) in [5, 5.41) is 0.868. The number of nitrogens with zero attached hydrogens (tertiary/aromatic N) is 1. The maximum absolute atomic E-state index is 12.0. The molecule has 21 heavy (non-hydrogen) atoms. The molecule has 3 aromatic rings. The van der Waals surface area contributed by atoms with Crippen LogP contribution < -0.4 is 16.0 Å². The highest BCUT2D eigenvalue weighted by Gasteiger charge is 2.08. The Morgan fingerprint density at radius 1 is 1.24 bits per heavy atom. The molecule has 0 saturated carbocycles. The van der Waals surface area contributed by atoms with Gasteiger partial charge >= 0.3 is 6.01 Å². The number of nitrogen functional groups attached to an aromatic ring is 1. The van der Waals surface area contributed by atoms with Crippen LogP contribution in [0.2, 0.25) is 5.02 Å². The van der Waals surface area contributed by atoms with Crippen LogP contribution in [0.3, 0.4) is 0 Å². The lowest BCUT2D eigenvalue weighted by Gasteiger charge is -2.07. The Bertz CT molecular complexity index is 890. The van der Waals surface area contributed by atoms with Crippen molar-refractivity contribution in [3.63, 3.8) is 0 Å². The fourth-order valence-corrected chi connectivity index (χ4v) is 2.25. The summed E-state index contributed by atoms with van der Waals surface area (Å²) < 4.78 is 5.55. The monoisotopic (exact) mass is 301 g/mol. The molecule has 0 unspecified atom stereocenters. The summed E-state index contributed by atoms with van der Waals surface area (Å²) in [6.45, 7) is 1.93. The average molecular weight is 302 g/mol. The fourth-order valence-electron chi connectivity index (χ4n) is 1.98. The van der Waals surface area contributed by atoms with Crippen LogP contribution in [0.1, 0.15) is 5.56 Å². The number of rotatable bonds is 2. The second-order valence-electron chi connectivity index (χ2n) is 4.68. The molecule has 1 heterocycles. The van der Waals surface area contributed by atoms with Crippen LogP contribution in [0.4, 0.5) is 5.69 Å². The van der Waals surface area contributed by atoms with Gasteiger partial charge in [0.15, 0.2) is 0 Å². The summed E-state index contributed by atoms with van der Waals surface area (Å²) in [4.78, 5) is 18.8. The third-order valence-corrected chi connectivity index (χ3v) is 3.30. The number of halogens is 1. The summed E-state index contributed by atoms with van der Waals surface area (Å²) >= 11 is 6.10. The molecule has 2 aromatic carbocycles. The first-order valence-corrected chi connectivity index (χ1v) is 6.64. The van der Waals surface area contributed by atoms with Crippen molar-refractivity contribution in [2.24, 2.45) is 0 Å². The van der Waals surface area contributed by atoms with Gasteiger partial charge in [0.25, 0.3) is 5.56 Å². The Kier molecular flexibility index (Phi) is 3.27. The molecule has 0 aliphatic heterocycles. The minimum atomic E-state index is -0.314. The van der Waals surface area contributed by atoms with E-state index in [-0.39, 0.29) is 11.6 Å². The van der Waals surface area contributed by atoms with Crippen LogP contribution in [0.5, 0.6) is 11.8 Å². The highest BCUT2D eigenvalue weighted by molar-refractivity contribution is 6.32. The predicted molar refractivity (Wildman–Crippen MR) is 83.0 cm³/mol. The van der Waals surface area contributed by atoms with Gasteiger partial charge in [-0.25, -0.2) is 0 Å². The van der Waals surface area contributed by atoms with Crippen molar-refractivity contribution in [2.75, 3.05) is 5.73 Å². The van der Waals surface area contributed by atoms with Gasteiger partial charge in [0.1, 0.15) is 5.75 Å². The van der Waals surface area contributed by atoms with Crippen molar-refractivity contribution >= 4 is 28.2 Å². The normalized spacial score (nSPS) is 10.8. The number of benzene rings is 2. The van der Waals surface area contributed by atoms with Gasteiger partial charge in [-0.15, -0.1) is 0 Å². The van der Waals surface area contributed by atoms with Gasteiger partial charge in [0.2, 0.25) is 0 Å². The Balaban J connectivity index is 2.05. The van der Waals surface area contributed by atoms with E-state index in [1.54, 1.807) is 30.3 Å².